The number of hydrogen-bond donors (Lipinski definition) is 1. The summed E-state index contributed by atoms with van der Waals surface area (Å²) in [6.07, 6.45) is 7.10. The third kappa shape index (κ3) is 2.50. The van der Waals surface area contributed by atoms with Gasteiger partial charge in [-0.15, -0.1) is 5.10 Å². The first-order valence-corrected chi connectivity index (χ1v) is 7.83. The van der Waals surface area contributed by atoms with Gasteiger partial charge in [0, 0.05) is 36.8 Å². The molecule has 2 N–H and O–H groups in total. The van der Waals surface area contributed by atoms with Gasteiger partial charge in [0.15, 0.2) is 17.2 Å². The number of nitrogens with zero attached hydrogens (tertiary/aromatic N) is 6. The van der Waals surface area contributed by atoms with Crippen LogP contribution in [-0.4, -0.2) is 43.6 Å². The van der Waals surface area contributed by atoms with Crippen LogP contribution in [0.3, 0.4) is 0 Å². The van der Waals surface area contributed by atoms with Gasteiger partial charge in [-0.2, -0.15) is 5.10 Å². The molecule has 0 aliphatic rings. The quantitative estimate of drug-likeness (QED) is 0.597. The van der Waals surface area contributed by atoms with E-state index in [1.165, 1.54) is 0 Å². The van der Waals surface area contributed by atoms with E-state index in [0.29, 0.717) is 23.1 Å². The predicted octanol–water partition coefficient (Wildman–Crippen LogP) is 1.79. The molecule has 0 aromatic carbocycles. The molecule has 0 amide bonds. The number of pyridine rings is 1. The minimum atomic E-state index is 0.396. The molecule has 0 atom stereocenters. The minimum Gasteiger partial charge on any atom is -0.491 e. The Balaban J connectivity index is 1.88. The Labute approximate surface area is 149 Å². The number of hydrogen-bond acceptors (Lipinski definition) is 7. The largest absolute Gasteiger partial charge is 0.491 e. The Kier molecular flexibility index (Phi) is 3.68. The molecule has 0 aliphatic heterocycles. The van der Waals surface area contributed by atoms with E-state index in [1.54, 1.807) is 35.8 Å². The maximum Gasteiger partial charge on any atom is 0.256 e. The van der Waals surface area contributed by atoms with Crippen LogP contribution in [-0.2, 0) is 7.05 Å². The zero-order valence-electron chi connectivity index (χ0n) is 14.5. The Morgan fingerprint density at radius 3 is 2.65 bits per heavy atom. The molecule has 4 heterocycles. The topological polar surface area (TPSA) is 105 Å². The lowest BCUT2D eigenvalue weighted by Gasteiger charge is -2.08. The number of aromatic nitrogens is 6. The van der Waals surface area contributed by atoms with Crippen molar-refractivity contribution in [2.45, 2.75) is 0 Å². The number of nitrogens with two attached hydrogens (primary N) is 1. The summed E-state index contributed by atoms with van der Waals surface area (Å²) in [6, 6.07) is 3.67. The molecule has 0 radical (unpaired) electrons. The van der Waals surface area contributed by atoms with E-state index in [4.69, 9.17) is 20.2 Å². The van der Waals surface area contributed by atoms with Crippen molar-refractivity contribution in [3.63, 3.8) is 0 Å². The van der Waals surface area contributed by atoms with Crippen LogP contribution in [0.25, 0.3) is 28.0 Å². The number of rotatable bonds is 4. The fourth-order valence-corrected chi connectivity index (χ4v) is 2.81. The smallest absolute Gasteiger partial charge is 0.256 e. The molecule has 0 fully saturated rings. The Bertz CT molecular complexity index is 1100. The standard InChI is InChI=1S/C17H17N7O2/c1-23-9-11(8-20-23)14-15(18)22-24-5-4-12(21-16(14)24)10-6-13(25-2)17(26-3)19-7-10/h4-9H,1-3H3,(H2,18,22). The van der Waals surface area contributed by atoms with E-state index in [9.17, 15) is 0 Å². The van der Waals surface area contributed by atoms with Crippen LogP contribution in [0.15, 0.2) is 36.9 Å². The molecule has 4 rings (SSSR count). The normalized spacial score (nSPS) is 11.0. The highest BCUT2D eigenvalue weighted by molar-refractivity contribution is 5.86. The van der Waals surface area contributed by atoms with E-state index >= 15 is 0 Å². The van der Waals surface area contributed by atoms with E-state index in [0.717, 1.165) is 22.4 Å². The summed E-state index contributed by atoms with van der Waals surface area (Å²) >= 11 is 0. The number of nitrogen functional groups attached to an aromatic ring is 1. The molecule has 132 valence electrons. The molecular weight excluding hydrogens is 334 g/mol. The van der Waals surface area contributed by atoms with Gasteiger partial charge in [0.25, 0.3) is 5.88 Å². The van der Waals surface area contributed by atoms with Crippen LogP contribution in [0.4, 0.5) is 5.82 Å². The molecule has 26 heavy (non-hydrogen) atoms. The second-order valence-corrected chi connectivity index (χ2v) is 5.68. The van der Waals surface area contributed by atoms with Crippen molar-refractivity contribution in [1.29, 1.82) is 0 Å². The lowest BCUT2D eigenvalue weighted by Crippen LogP contribution is -1.96. The zero-order valence-corrected chi connectivity index (χ0v) is 14.5. The molecule has 0 unspecified atom stereocenters. The van der Waals surface area contributed by atoms with E-state index in [1.807, 2.05) is 31.6 Å². The lowest BCUT2D eigenvalue weighted by atomic mass is 10.1. The number of fused-ring (bicyclic) bond motifs is 1. The van der Waals surface area contributed by atoms with Crippen LogP contribution < -0.4 is 15.2 Å². The molecule has 4 aromatic heterocycles. The molecule has 9 heteroatoms. The van der Waals surface area contributed by atoms with Gasteiger partial charge in [-0.25, -0.2) is 14.5 Å². The number of ether oxygens (including phenoxy) is 2. The second-order valence-electron chi connectivity index (χ2n) is 5.68. The molecule has 0 spiro atoms. The summed E-state index contributed by atoms with van der Waals surface area (Å²) in [6.45, 7) is 0. The van der Waals surface area contributed by atoms with Crippen LogP contribution in [0.5, 0.6) is 11.6 Å². The molecule has 0 saturated carbocycles. The second kappa shape index (κ2) is 6.03. The summed E-state index contributed by atoms with van der Waals surface area (Å²) in [4.78, 5) is 9.00. The van der Waals surface area contributed by atoms with Crippen LogP contribution in [0.1, 0.15) is 0 Å². The molecule has 9 nitrogen and oxygen atoms in total. The monoisotopic (exact) mass is 351 g/mol. The lowest BCUT2D eigenvalue weighted by molar-refractivity contribution is 0.343. The van der Waals surface area contributed by atoms with Crippen molar-refractivity contribution in [3.05, 3.63) is 36.9 Å². The molecule has 0 saturated heterocycles. The minimum absolute atomic E-state index is 0.396. The van der Waals surface area contributed by atoms with E-state index < -0.39 is 0 Å². The number of aryl methyl sites for hydroxylation is 1. The van der Waals surface area contributed by atoms with Gasteiger partial charge in [-0.05, 0) is 12.1 Å². The molecular formula is C17H17N7O2. The van der Waals surface area contributed by atoms with Gasteiger partial charge >= 0.3 is 0 Å². The highest BCUT2D eigenvalue weighted by atomic mass is 16.5. The van der Waals surface area contributed by atoms with E-state index in [-0.39, 0.29) is 0 Å². The first kappa shape index (κ1) is 15.9. The van der Waals surface area contributed by atoms with Gasteiger partial charge < -0.3 is 15.2 Å². The highest BCUT2D eigenvalue weighted by Gasteiger charge is 2.17. The van der Waals surface area contributed by atoms with Gasteiger partial charge in [0.1, 0.15) is 0 Å². The summed E-state index contributed by atoms with van der Waals surface area (Å²) in [5, 5.41) is 8.53. The predicted molar refractivity (Wildman–Crippen MR) is 95.9 cm³/mol. The summed E-state index contributed by atoms with van der Waals surface area (Å²) < 4.78 is 13.9. The Morgan fingerprint density at radius 1 is 1.12 bits per heavy atom. The Morgan fingerprint density at radius 2 is 1.96 bits per heavy atom. The molecule has 4 aromatic rings. The van der Waals surface area contributed by atoms with E-state index in [2.05, 4.69) is 15.2 Å². The maximum absolute atomic E-state index is 6.11. The van der Waals surface area contributed by atoms with Crippen molar-refractivity contribution >= 4 is 11.5 Å². The number of anilines is 1. The summed E-state index contributed by atoms with van der Waals surface area (Å²) in [7, 11) is 4.96. The fraction of sp³-hybridized carbons (Fsp3) is 0.176. The van der Waals surface area contributed by atoms with Crippen molar-refractivity contribution in [1.82, 2.24) is 29.4 Å². The first-order chi connectivity index (χ1) is 12.6. The fourth-order valence-electron chi connectivity index (χ4n) is 2.81. The van der Waals surface area contributed by atoms with Gasteiger partial charge in [-0.1, -0.05) is 0 Å². The van der Waals surface area contributed by atoms with Crippen LogP contribution >= 0.6 is 0 Å². The van der Waals surface area contributed by atoms with Gasteiger partial charge in [0.2, 0.25) is 0 Å². The third-order valence-electron chi connectivity index (χ3n) is 4.03. The zero-order chi connectivity index (χ0) is 18.3. The molecule has 0 bridgehead atoms. The van der Waals surface area contributed by atoms with Crippen molar-refractivity contribution in [3.8, 4) is 34.0 Å². The highest BCUT2D eigenvalue weighted by Crippen LogP contribution is 2.32. The van der Waals surface area contributed by atoms with Gasteiger partial charge in [0.05, 0.1) is 31.7 Å². The summed E-state index contributed by atoms with van der Waals surface area (Å²) in [5.41, 5.74) is 9.86. The van der Waals surface area contributed by atoms with Crippen LogP contribution in [0.2, 0.25) is 0 Å². The van der Waals surface area contributed by atoms with Gasteiger partial charge in [-0.3, -0.25) is 4.68 Å². The van der Waals surface area contributed by atoms with Crippen molar-refractivity contribution < 1.29 is 9.47 Å². The molecule has 0 aliphatic carbocycles. The maximum atomic E-state index is 6.11. The average molecular weight is 351 g/mol. The van der Waals surface area contributed by atoms with Crippen molar-refractivity contribution in [2.75, 3.05) is 20.0 Å². The SMILES string of the molecule is COc1cc(-c2ccn3nc(N)c(-c4cnn(C)c4)c3n2)cnc1OC. The summed E-state index contributed by atoms with van der Waals surface area (Å²) in [5.74, 6) is 1.35. The average Bonchev–Trinajstić information content (AvgIpc) is 3.22. The third-order valence-corrected chi connectivity index (χ3v) is 4.03. The first-order valence-electron chi connectivity index (χ1n) is 7.83. The van der Waals surface area contributed by atoms with Crippen LogP contribution in [0, 0.1) is 0 Å². The van der Waals surface area contributed by atoms with Crippen molar-refractivity contribution in [2.24, 2.45) is 7.05 Å². The number of methoxy groups -OCH3 is 2. The Hall–Kier alpha value is -3.62.